The molecule has 0 aliphatic carbocycles. The van der Waals surface area contributed by atoms with Crippen LogP contribution in [0.4, 0.5) is 0 Å². The summed E-state index contributed by atoms with van der Waals surface area (Å²) in [4.78, 5) is 0. The standard InChI is InChI=1S/C4H4NS/c1-4-2-3-6-5-4/h2H,1H3. The Hall–Kier alpha value is -0.370. The molecule has 0 unspecified atom stereocenters. The van der Waals surface area contributed by atoms with E-state index in [1.807, 2.05) is 13.0 Å². The van der Waals surface area contributed by atoms with Gasteiger partial charge in [-0.3, -0.25) is 0 Å². The zero-order valence-corrected chi connectivity index (χ0v) is 4.25. The average Bonchev–Trinajstić information content (AvgIpc) is 1.86. The van der Waals surface area contributed by atoms with E-state index in [1.54, 1.807) is 0 Å². The predicted octanol–water partition coefficient (Wildman–Crippen LogP) is 1.25. The van der Waals surface area contributed by atoms with E-state index < -0.39 is 0 Å². The van der Waals surface area contributed by atoms with E-state index in [1.165, 1.54) is 11.5 Å². The molecular formula is C4H4NS. The predicted molar refractivity (Wildman–Crippen MR) is 25.7 cm³/mol. The smallest absolute Gasteiger partial charge is 0.0668 e. The maximum atomic E-state index is 3.90. The zero-order chi connectivity index (χ0) is 4.41. The highest BCUT2D eigenvalue weighted by Crippen LogP contribution is 1.93. The Kier molecular flexibility index (Phi) is 0.881. The van der Waals surface area contributed by atoms with Gasteiger partial charge in [-0.2, -0.15) is 4.37 Å². The van der Waals surface area contributed by atoms with Gasteiger partial charge >= 0.3 is 0 Å². The van der Waals surface area contributed by atoms with E-state index in [-0.39, 0.29) is 0 Å². The van der Waals surface area contributed by atoms with Gasteiger partial charge in [0.1, 0.15) is 0 Å². The zero-order valence-electron chi connectivity index (χ0n) is 3.43. The van der Waals surface area contributed by atoms with Crippen molar-refractivity contribution in [3.05, 3.63) is 17.1 Å². The van der Waals surface area contributed by atoms with Crippen molar-refractivity contribution in [2.24, 2.45) is 0 Å². The van der Waals surface area contributed by atoms with Crippen molar-refractivity contribution >= 4 is 11.5 Å². The SMILES string of the molecule is Cc1c[c]sn1. The first-order valence-corrected chi connectivity index (χ1v) is 2.46. The van der Waals surface area contributed by atoms with Crippen molar-refractivity contribution < 1.29 is 0 Å². The molecule has 0 aromatic carbocycles. The first-order valence-electron chi connectivity index (χ1n) is 1.69. The summed E-state index contributed by atoms with van der Waals surface area (Å²) in [6.45, 7) is 1.95. The van der Waals surface area contributed by atoms with Gasteiger partial charge in [-0.25, -0.2) is 0 Å². The molecule has 1 nitrogen and oxygen atoms in total. The fraction of sp³-hybridized carbons (Fsp3) is 0.250. The Labute approximate surface area is 40.8 Å². The molecule has 1 rings (SSSR count). The van der Waals surface area contributed by atoms with Crippen molar-refractivity contribution in [2.45, 2.75) is 6.92 Å². The Morgan fingerprint density at radius 2 is 2.83 bits per heavy atom. The molecule has 1 radical (unpaired) electrons. The Morgan fingerprint density at radius 3 is 3.00 bits per heavy atom. The van der Waals surface area contributed by atoms with Gasteiger partial charge in [0.15, 0.2) is 0 Å². The van der Waals surface area contributed by atoms with Crippen molar-refractivity contribution in [3.63, 3.8) is 0 Å². The molecule has 0 saturated heterocycles. The molecule has 0 aliphatic heterocycles. The van der Waals surface area contributed by atoms with Gasteiger partial charge < -0.3 is 0 Å². The Bertz CT molecular complexity index is 111. The van der Waals surface area contributed by atoms with Crippen LogP contribution < -0.4 is 0 Å². The van der Waals surface area contributed by atoms with Crippen LogP contribution in [0.25, 0.3) is 0 Å². The lowest BCUT2D eigenvalue weighted by Gasteiger charge is -1.64. The summed E-state index contributed by atoms with van der Waals surface area (Å²) in [5.41, 5.74) is 1.06. The summed E-state index contributed by atoms with van der Waals surface area (Å²) in [6, 6.07) is 1.87. The molecule has 1 heterocycles. The van der Waals surface area contributed by atoms with E-state index in [9.17, 15) is 0 Å². The largest absolute Gasteiger partial charge is 0.197 e. The maximum Gasteiger partial charge on any atom is 0.0668 e. The third-order valence-corrected chi connectivity index (χ3v) is 1.11. The summed E-state index contributed by atoms with van der Waals surface area (Å²) in [5, 5.41) is 2.86. The van der Waals surface area contributed by atoms with Gasteiger partial charge in [0, 0.05) is 0 Å². The minimum absolute atomic E-state index is 1.06. The fourth-order valence-corrected chi connectivity index (χ4v) is 0.709. The molecule has 0 fully saturated rings. The van der Waals surface area contributed by atoms with E-state index >= 15 is 0 Å². The van der Waals surface area contributed by atoms with Crippen LogP contribution in [0.5, 0.6) is 0 Å². The highest BCUT2D eigenvalue weighted by molar-refractivity contribution is 7.03. The van der Waals surface area contributed by atoms with Gasteiger partial charge in [-0.1, -0.05) is 0 Å². The fourth-order valence-electron chi connectivity index (χ4n) is 0.236. The average molecular weight is 98.2 g/mol. The molecule has 0 amide bonds. The molecule has 0 bridgehead atoms. The van der Waals surface area contributed by atoms with E-state index in [2.05, 4.69) is 9.75 Å². The van der Waals surface area contributed by atoms with Crippen molar-refractivity contribution in [3.8, 4) is 0 Å². The Morgan fingerprint density at radius 1 is 2.00 bits per heavy atom. The van der Waals surface area contributed by atoms with Crippen LogP contribution in [-0.2, 0) is 0 Å². The molecule has 1 aromatic rings. The van der Waals surface area contributed by atoms with Gasteiger partial charge in [-0.15, -0.1) is 0 Å². The molecule has 0 aliphatic rings. The highest BCUT2D eigenvalue weighted by atomic mass is 32.1. The van der Waals surface area contributed by atoms with E-state index in [0.717, 1.165) is 5.69 Å². The number of aryl methyl sites for hydroxylation is 1. The normalized spacial score (nSPS) is 8.83. The molecule has 6 heavy (non-hydrogen) atoms. The van der Waals surface area contributed by atoms with Crippen LogP contribution >= 0.6 is 11.5 Å². The highest BCUT2D eigenvalue weighted by Gasteiger charge is 1.77. The molecule has 0 atom stereocenters. The lowest BCUT2D eigenvalue weighted by Crippen LogP contribution is -1.57. The number of hydrogen-bond donors (Lipinski definition) is 0. The van der Waals surface area contributed by atoms with Gasteiger partial charge in [-0.05, 0) is 24.5 Å². The van der Waals surface area contributed by atoms with E-state index in [4.69, 9.17) is 0 Å². The lowest BCUT2D eigenvalue weighted by molar-refractivity contribution is 1.35. The summed E-state index contributed by atoms with van der Waals surface area (Å²) in [7, 11) is 0. The molecule has 0 saturated carbocycles. The number of aromatic nitrogens is 1. The monoisotopic (exact) mass is 98.0 g/mol. The van der Waals surface area contributed by atoms with Crippen molar-refractivity contribution in [1.29, 1.82) is 0 Å². The molecule has 31 valence electrons. The molecule has 2 heteroatoms. The first kappa shape index (κ1) is 3.81. The minimum Gasteiger partial charge on any atom is -0.197 e. The number of nitrogens with zero attached hydrogens (tertiary/aromatic N) is 1. The molecule has 0 spiro atoms. The van der Waals surface area contributed by atoms with Crippen LogP contribution in [0, 0.1) is 12.3 Å². The quantitative estimate of drug-likeness (QED) is 0.476. The summed E-state index contributed by atoms with van der Waals surface area (Å²) < 4.78 is 3.90. The molecular weight excluding hydrogens is 94.1 g/mol. The minimum atomic E-state index is 1.06. The van der Waals surface area contributed by atoms with Gasteiger partial charge in [0.25, 0.3) is 0 Å². The van der Waals surface area contributed by atoms with Gasteiger partial charge in [0.05, 0.1) is 11.1 Å². The first-order chi connectivity index (χ1) is 2.89. The van der Waals surface area contributed by atoms with Crippen LogP contribution in [0.1, 0.15) is 5.69 Å². The molecule has 0 N–H and O–H groups in total. The van der Waals surface area contributed by atoms with Crippen molar-refractivity contribution in [1.82, 2.24) is 4.37 Å². The number of hydrogen-bond acceptors (Lipinski definition) is 2. The Balaban J connectivity index is 3.05. The summed E-state index contributed by atoms with van der Waals surface area (Å²) >= 11 is 1.36. The molecule has 1 aromatic heterocycles. The van der Waals surface area contributed by atoms with Crippen LogP contribution in [-0.4, -0.2) is 4.37 Å². The third-order valence-electron chi connectivity index (χ3n) is 0.510. The van der Waals surface area contributed by atoms with Crippen LogP contribution in [0.15, 0.2) is 6.07 Å². The second-order valence-corrected chi connectivity index (χ2v) is 1.69. The topological polar surface area (TPSA) is 12.9 Å². The van der Waals surface area contributed by atoms with Crippen molar-refractivity contribution in [2.75, 3.05) is 0 Å². The number of rotatable bonds is 0. The summed E-state index contributed by atoms with van der Waals surface area (Å²) in [5.74, 6) is 0. The van der Waals surface area contributed by atoms with Crippen LogP contribution in [0.3, 0.4) is 0 Å². The third kappa shape index (κ3) is 0.571. The second-order valence-electron chi connectivity index (χ2n) is 1.09. The lowest BCUT2D eigenvalue weighted by atomic mass is 10.5. The summed E-state index contributed by atoms with van der Waals surface area (Å²) in [6.07, 6.45) is 0. The van der Waals surface area contributed by atoms with Gasteiger partial charge in [0.2, 0.25) is 0 Å². The van der Waals surface area contributed by atoms with E-state index in [0.29, 0.717) is 0 Å². The maximum absolute atomic E-state index is 3.90. The van der Waals surface area contributed by atoms with Crippen LogP contribution in [0.2, 0.25) is 0 Å². The second kappa shape index (κ2) is 1.39.